The van der Waals surface area contributed by atoms with Crippen LogP contribution < -0.4 is 10.2 Å². The first kappa shape index (κ1) is 17.0. The average molecular weight is 341 g/mol. The molecule has 3 rings (SSSR count). The minimum atomic E-state index is 0. The van der Waals surface area contributed by atoms with E-state index in [-0.39, 0.29) is 18.3 Å². The molecule has 1 N–H and O–H groups in total. The minimum absolute atomic E-state index is 0. The number of aromatic nitrogens is 1. The SMILES string of the molecule is CNCCC(=O)N1CCN(c2nc3ccccc3s2)CC1.Cl. The third-order valence-electron chi connectivity index (χ3n) is 3.77. The second-order valence-electron chi connectivity index (χ2n) is 5.19. The molecule has 0 saturated carbocycles. The molecule has 0 bridgehead atoms. The van der Waals surface area contributed by atoms with E-state index >= 15 is 0 Å². The second kappa shape index (κ2) is 7.76. The monoisotopic (exact) mass is 340 g/mol. The highest BCUT2D eigenvalue weighted by Crippen LogP contribution is 2.29. The van der Waals surface area contributed by atoms with E-state index in [1.807, 2.05) is 30.1 Å². The predicted octanol–water partition coefficient (Wildman–Crippen LogP) is 1.98. The van der Waals surface area contributed by atoms with Gasteiger partial charge in [-0.15, -0.1) is 12.4 Å². The van der Waals surface area contributed by atoms with E-state index < -0.39 is 0 Å². The standard InChI is InChI=1S/C15H20N4OS.ClH/c1-16-7-6-14(20)18-8-10-19(11-9-18)15-17-12-4-2-3-5-13(12)21-15;/h2-5,16H,6-11H2,1H3;1H. The summed E-state index contributed by atoms with van der Waals surface area (Å²) < 4.78 is 1.22. The van der Waals surface area contributed by atoms with Crippen molar-refractivity contribution in [1.29, 1.82) is 0 Å². The van der Waals surface area contributed by atoms with Gasteiger partial charge in [0.05, 0.1) is 10.2 Å². The highest BCUT2D eigenvalue weighted by Gasteiger charge is 2.22. The fourth-order valence-electron chi connectivity index (χ4n) is 2.53. The fraction of sp³-hybridized carbons (Fsp3) is 0.467. The summed E-state index contributed by atoms with van der Waals surface area (Å²) in [6.07, 6.45) is 0.581. The summed E-state index contributed by atoms with van der Waals surface area (Å²) in [4.78, 5) is 20.9. The minimum Gasteiger partial charge on any atom is -0.345 e. The van der Waals surface area contributed by atoms with E-state index in [2.05, 4.69) is 21.3 Å². The van der Waals surface area contributed by atoms with Crippen LogP contribution in [0.15, 0.2) is 24.3 Å². The Hall–Kier alpha value is -1.37. The van der Waals surface area contributed by atoms with Gasteiger partial charge in [0.15, 0.2) is 5.13 Å². The molecule has 120 valence electrons. The molecule has 2 heterocycles. The Kier molecular flexibility index (Phi) is 5.99. The van der Waals surface area contributed by atoms with Gasteiger partial charge in [0.2, 0.25) is 5.91 Å². The number of rotatable bonds is 4. The summed E-state index contributed by atoms with van der Waals surface area (Å²) in [6, 6.07) is 8.22. The van der Waals surface area contributed by atoms with Gasteiger partial charge in [-0.3, -0.25) is 4.79 Å². The van der Waals surface area contributed by atoms with Crippen molar-refractivity contribution in [2.45, 2.75) is 6.42 Å². The molecule has 7 heteroatoms. The number of nitrogens with one attached hydrogen (secondary N) is 1. The van der Waals surface area contributed by atoms with Crippen LogP contribution in [0.1, 0.15) is 6.42 Å². The van der Waals surface area contributed by atoms with E-state index in [0.717, 1.165) is 43.4 Å². The third kappa shape index (κ3) is 3.69. The fourth-order valence-corrected chi connectivity index (χ4v) is 3.55. The molecule has 1 aromatic carbocycles. The van der Waals surface area contributed by atoms with Crippen LogP contribution in [-0.4, -0.2) is 55.6 Å². The van der Waals surface area contributed by atoms with Crippen molar-refractivity contribution in [3.8, 4) is 0 Å². The van der Waals surface area contributed by atoms with Crippen molar-refractivity contribution in [1.82, 2.24) is 15.2 Å². The third-order valence-corrected chi connectivity index (χ3v) is 4.87. The highest BCUT2D eigenvalue weighted by atomic mass is 35.5. The van der Waals surface area contributed by atoms with Crippen LogP contribution in [0, 0.1) is 0 Å². The average Bonchev–Trinajstić information content (AvgIpc) is 2.96. The zero-order valence-electron chi connectivity index (χ0n) is 12.6. The smallest absolute Gasteiger partial charge is 0.223 e. The van der Waals surface area contributed by atoms with Crippen LogP contribution in [0.5, 0.6) is 0 Å². The molecule has 1 fully saturated rings. The number of fused-ring (bicyclic) bond motifs is 1. The Morgan fingerprint density at radius 1 is 1.27 bits per heavy atom. The molecular formula is C15H21ClN4OS. The van der Waals surface area contributed by atoms with Gasteiger partial charge in [-0.1, -0.05) is 23.5 Å². The number of hydrogen-bond donors (Lipinski definition) is 1. The maximum Gasteiger partial charge on any atom is 0.223 e. The number of nitrogens with zero attached hydrogens (tertiary/aromatic N) is 3. The van der Waals surface area contributed by atoms with Gasteiger partial charge in [0.1, 0.15) is 0 Å². The largest absolute Gasteiger partial charge is 0.345 e. The molecule has 22 heavy (non-hydrogen) atoms. The Labute approximate surface area is 140 Å². The molecule has 5 nitrogen and oxygen atoms in total. The van der Waals surface area contributed by atoms with Crippen LogP contribution >= 0.6 is 23.7 Å². The molecule has 0 spiro atoms. The zero-order valence-corrected chi connectivity index (χ0v) is 14.3. The van der Waals surface area contributed by atoms with Gasteiger partial charge in [-0.05, 0) is 19.2 Å². The van der Waals surface area contributed by atoms with E-state index in [1.165, 1.54) is 4.70 Å². The van der Waals surface area contributed by atoms with Gasteiger partial charge in [0.25, 0.3) is 0 Å². The highest BCUT2D eigenvalue weighted by molar-refractivity contribution is 7.22. The van der Waals surface area contributed by atoms with Crippen LogP contribution in [0.3, 0.4) is 0 Å². The topological polar surface area (TPSA) is 48.5 Å². The van der Waals surface area contributed by atoms with E-state index in [9.17, 15) is 4.79 Å². The maximum atomic E-state index is 12.0. The lowest BCUT2D eigenvalue weighted by Crippen LogP contribution is -2.49. The number of amides is 1. The molecule has 0 radical (unpaired) electrons. The summed E-state index contributed by atoms with van der Waals surface area (Å²) in [6.45, 7) is 4.06. The number of benzene rings is 1. The van der Waals surface area contributed by atoms with Crippen LogP contribution in [0.25, 0.3) is 10.2 Å². The number of anilines is 1. The van der Waals surface area contributed by atoms with Crippen molar-refractivity contribution in [2.24, 2.45) is 0 Å². The van der Waals surface area contributed by atoms with E-state index in [0.29, 0.717) is 6.42 Å². The van der Waals surface area contributed by atoms with Crippen LogP contribution in [-0.2, 0) is 4.79 Å². The van der Waals surface area contributed by atoms with Crippen molar-refractivity contribution in [2.75, 3.05) is 44.7 Å². The van der Waals surface area contributed by atoms with E-state index in [1.54, 1.807) is 11.3 Å². The van der Waals surface area contributed by atoms with Gasteiger partial charge >= 0.3 is 0 Å². The molecule has 1 aliphatic heterocycles. The lowest BCUT2D eigenvalue weighted by atomic mass is 10.3. The molecular weight excluding hydrogens is 320 g/mol. The molecule has 0 atom stereocenters. The number of carbonyl (C=O) groups excluding carboxylic acids is 1. The second-order valence-corrected chi connectivity index (χ2v) is 6.19. The number of hydrogen-bond acceptors (Lipinski definition) is 5. The maximum absolute atomic E-state index is 12.0. The summed E-state index contributed by atoms with van der Waals surface area (Å²) in [5.74, 6) is 0.244. The van der Waals surface area contributed by atoms with Crippen LogP contribution in [0.4, 0.5) is 5.13 Å². The lowest BCUT2D eigenvalue weighted by molar-refractivity contribution is -0.131. The van der Waals surface area contributed by atoms with E-state index in [4.69, 9.17) is 0 Å². The van der Waals surface area contributed by atoms with Crippen molar-refractivity contribution in [3.63, 3.8) is 0 Å². The number of piperazine rings is 1. The van der Waals surface area contributed by atoms with Crippen LogP contribution in [0.2, 0.25) is 0 Å². The van der Waals surface area contributed by atoms with Gasteiger partial charge < -0.3 is 15.1 Å². The summed E-state index contributed by atoms with van der Waals surface area (Å²) in [5.41, 5.74) is 1.06. The zero-order chi connectivity index (χ0) is 14.7. The van der Waals surface area contributed by atoms with Gasteiger partial charge in [0, 0.05) is 39.1 Å². The first-order valence-electron chi connectivity index (χ1n) is 7.31. The Morgan fingerprint density at radius 2 is 2.00 bits per heavy atom. The Balaban J connectivity index is 0.00000176. The normalized spacial score (nSPS) is 15.0. The first-order chi connectivity index (χ1) is 10.3. The molecule has 1 amide bonds. The lowest BCUT2D eigenvalue weighted by Gasteiger charge is -2.34. The summed E-state index contributed by atoms with van der Waals surface area (Å²) >= 11 is 1.73. The van der Waals surface area contributed by atoms with Gasteiger partial charge in [-0.2, -0.15) is 0 Å². The molecule has 0 unspecified atom stereocenters. The molecule has 1 saturated heterocycles. The Morgan fingerprint density at radius 3 is 2.68 bits per heavy atom. The summed E-state index contributed by atoms with van der Waals surface area (Å²) in [7, 11) is 1.87. The van der Waals surface area contributed by atoms with Gasteiger partial charge in [-0.25, -0.2) is 4.98 Å². The molecule has 1 aromatic heterocycles. The summed E-state index contributed by atoms with van der Waals surface area (Å²) in [5, 5.41) is 4.09. The molecule has 0 aliphatic carbocycles. The predicted molar refractivity (Wildman–Crippen MR) is 94.2 cm³/mol. The number of para-hydroxylation sites is 1. The van der Waals surface area contributed by atoms with Crippen molar-refractivity contribution < 1.29 is 4.79 Å². The molecule has 1 aliphatic rings. The van der Waals surface area contributed by atoms with Crippen molar-refractivity contribution >= 4 is 45.0 Å². The quantitative estimate of drug-likeness (QED) is 0.924. The number of carbonyl (C=O) groups is 1. The van der Waals surface area contributed by atoms with Crippen molar-refractivity contribution in [3.05, 3.63) is 24.3 Å². The number of halogens is 1. The molecule has 2 aromatic rings. The number of thiazole rings is 1. The Bertz CT molecular complexity index is 592. The first-order valence-corrected chi connectivity index (χ1v) is 8.12.